The van der Waals surface area contributed by atoms with Crippen LogP contribution in [0.5, 0.6) is 11.5 Å². The van der Waals surface area contributed by atoms with Crippen molar-refractivity contribution in [3.63, 3.8) is 0 Å². The zero-order chi connectivity index (χ0) is 41.8. The van der Waals surface area contributed by atoms with Crippen LogP contribution in [0.4, 0.5) is 11.6 Å². The number of pyridine rings is 2. The van der Waals surface area contributed by atoms with Crippen LogP contribution in [0.3, 0.4) is 0 Å². The SMILES string of the molecule is CCCOc1ccc(-c2ccc(-c3ccccc3Cl)n2Cc2cccc(N)n2)cc1.CCCOc1ccc(-c2ccc(-c3ccccc3Cl)n2Cc2cccc(N)n2)cc1.Cl. The molecule has 0 aliphatic heterocycles. The molecular weight excluding hydrogens is 823 g/mol. The summed E-state index contributed by atoms with van der Waals surface area (Å²) in [7, 11) is 0. The van der Waals surface area contributed by atoms with Gasteiger partial charge in [0.1, 0.15) is 23.1 Å². The monoisotopic (exact) mass is 870 g/mol. The standard InChI is InChI=1S/2C25H24ClN3O.ClH/c2*1-2-16-30-20-12-10-18(11-13-20)23-14-15-24(21-7-3-4-8-22(21)26)29(23)17-19-6-5-9-25(27)28-19;/h2*3-15H,2,16-17H2,1H3,(H2,27,28);1H. The number of benzene rings is 4. The number of aromatic nitrogens is 4. The van der Waals surface area contributed by atoms with E-state index in [-0.39, 0.29) is 12.4 Å². The summed E-state index contributed by atoms with van der Waals surface area (Å²) >= 11 is 13.0. The van der Waals surface area contributed by atoms with Crippen LogP contribution in [0.1, 0.15) is 38.1 Å². The highest BCUT2D eigenvalue weighted by atomic mass is 35.5. The molecule has 0 unspecified atom stereocenters. The molecule has 0 spiro atoms. The van der Waals surface area contributed by atoms with E-state index in [1.165, 1.54) is 0 Å². The lowest BCUT2D eigenvalue weighted by molar-refractivity contribution is 0.317. The molecule has 11 heteroatoms. The molecule has 0 bridgehead atoms. The zero-order valence-corrected chi connectivity index (χ0v) is 36.5. The Bertz CT molecular complexity index is 2460. The number of ether oxygens (including phenoxy) is 2. The van der Waals surface area contributed by atoms with E-state index in [4.69, 9.17) is 44.1 Å². The smallest absolute Gasteiger partial charge is 0.123 e. The maximum atomic E-state index is 6.52. The van der Waals surface area contributed by atoms with Crippen molar-refractivity contribution >= 4 is 47.2 Å². The Morgan fingerprint density at radius 1 is 0.459 bits per heavy atom. The summed E-state index contributed by atoms with van der Waals surface area (Å²) in [5.74, 6) is 2.78. The topological polar surface area (TPSA) is 106 Å². The molecule has 0 saturated carbocycles. The lowest BCUT2D eigenvalue weighted by atomic mass is 10.1. The van der Waals surface area contributed by atoms with Gasteiger partial charge in [-0.2, -0.15) is 0 Å². The van der Waals surface area contributed by atoms with E-state index >= 15 is 0 Å². The number of hydrogen-bond donors (Lipinski definition) is 2. The second-order valence-electron chi connectivity index (χ2n) is 14.2. The first kappa shape index (κ1) is 44.4. The number of halogens is 3. The van der Waals surface area contributed by atoms with Crippen molar-refractivity contribution in [3.8, 4) is 56.5 Å². The third kappa shape index (κ3) is 11.2. The molecule has 8 rings (SSSR count). The quantitative estimate of drug-likeness (QED) is 0.113. The molecule has 0 radical (unpaired) electrons. The Hall–Kier alpha value is -6.19. The van der Waals surface area contributed by atoms with Crippen LogP contribution in [0.2, 0.25) is 10.0 Å². The minimum atomic E-state index is 0. The van der Waals surface area contributed by atoms with Gasteiger partial charge in [-0.25, -0.2) is 9.97 Å². The van der Waals surface area contributed by atoms with E-state index in [0.717, 1.165) is 80.8 Å². The lowest BCUT2D eigenvalue weighted by Crippen LogP contribution is -2.06. The number of nitrogens with two attached hydrogens (primary N) is 2. The molecule has 61 heavy (non-hydrogen) atoms. The largest absolute Gasteiger partial charge is 0.494 e. The van der Waals surface area contributed by atoms with Gasteiger partial charge < -0.3 is 30.1 Å². The van der Waals surface area contributed by atoms with Gasteiger partial charge in [0.15, 0.2) is 0 Å². The van der Waals surface area contributed by atoms with Gasteiger partial charge in [0.25, 0.3) is 0 Å². The fraction of sp³-hybridized carbons (Fsp3) is 0.160. The van der Waals surface area contributed by atoms with Gasteiger partial charge in [0, 0.05) is 32.6 Å². The minimum Gasteiger partial charge on any atom is -0.494 e. The number of anilines is 2. The molecule has 8 nitrogen and oxygen atoms in total. The van der Waals surface area contributed by atoms with Crippen molar-refractivity contribution in [1.82, 2.24) is 19.1 Å². The summed E-state index contributed by atoms with van der Waals surface area (Å²) in [5, 5.41) is 1.43. The highest BCUT2D eigenvalue weighted by Gasteiger charge is 2.17. The van der Waals surface area contributed by atoms with Crippen LogP contribution in [0, 0.1) is 0 Å². The first-order valence-electron chi connectivity index (χ1n) is 20.1. The maximum Gasteiger partial charge on any atom is 0.123 e. The Morgan fingerprint density at radius 2 is 0.836 bits per heavy atom. The number of nitrogen functional groups attached to an aromatic ring is 2. The van der Waals surface area contributed by atoms with Crippen molar-refractivity contribution in [2.45, 2.75) is 39.8 Å². The summed E-state index contributed by atoms with van der Waals surface area (Å²) in [6.07, 6.45) is 1.97. The number of nitrogens with zero attached hydrogens (tertiary/aromatic N) is 4. The number of rotatable bonds is 14. The van der Waals surface area contributed by atoms with Gasteiger partial charge >= 0.3 is 0 Å². The third-order valence-electron chi connectivity index (χ3n) is 9.80. The summed E-state index contributed by atoms with van der Waals surface area (Å²) in [5.41, 5.74) is 22.0. The van der Waals surface area contributed by atoms with Crippen molar-refractivity contribution in [3.05, 3.63) is 179 Å². The molecule has 0 fully saturated rings. The van der Waals surface area contributed by atoms with Crippen LogP contribution in [-0.2, 0) is 13.1 Å². The fourth-order valence-electron chi connectivity index (χ4n) is 6.97. The summed E-state index contributed by atoms with van der Waals surface area (Å²) in [6, 6.07) is 52.0. The maximum absolute atomic E-state index is 6.52. The van der Waals surface area contributed by atoms with Crippen molar-refractivity contribution in [1.29, 1.82) is 0 Å². The van der Waals surface area contributed by atoms with Crippen LogP contribution in [0.25, 0.3) is 45.0 Å². The summed E-state index contributed by atoms with van der Waals surface area (Å²) in [6.45, 7) is 6.80. The average molecular weight is 872 g/mol. The first-order chi connectivity index (χ1) is 29.3. The van der Waals surface area contributed by atoms with Crippen molar-refractivity contribution < 1.29 is 9.47 Å². The van der Waals surface area contributed by atoms with Crippen molar-refractivity contribution in [2.75, 3.05) is 24.7 Å². The zero-order valence-electron chi connectivity index (χ0n) is 34.2. The van der Waals surface area contributed by atoms with E-state index in [1.54, 1.807) is 12.1 Å². The highest BCUT2D eigenvalue weighted by molar-refractivity contribution is 6.33. The van der Waals surface area contributed by atoms with Gasteiger partial charge in [0.2, 0.25) is 0 Å². The predicted molar refractivity (Wildman–Crippen MR) is 255 cm³/mol. The van der Waals surface area contributed by atoms with E-state index in [9.17, 15) is 0 Å². The van der Waals surface area contributed by atoms with Crippen LogP contribution in [-0.4, -0.2) is 32.3 Å². The summed E-state index contributed by atoms with van der Waals surface area (Å²) < 4.78 is 15.9. The van der Waals surface area contributed by atoms with Gasteiger partial charge in [0.05, 0.1) is 49.1 Å². The molecule has 4 N–H and O–H groups in total. The third-order valence-corrected chi connectivity index (χ3v) is 10.5. The molecular formula is C50H49Cl3N6O2. The fourth-order valence-corrected chi connectivity index (χ4v) is 7.43. The molecule has 312 valence electrons. The van der Waals surface area contributed by atoms with E-state index in [1.807, 2.05) is 97.1 Å². The van der Waals surface area contributed by atoms with Crippen LogP contribution in [0.15, 0.2) is 158 Å². The second-order valence-corrected chi connectivity index (χ2v) is 15.0. The Kier molecular flexibility index (Phi) is 15.5. The van der Waals surface area contributed by atoms with Gasteiger partial charge in [-0.15, -0.1) is 12.4 Å². The molecule has 0 aliphatic carbocycles. The molecule has 4 heterocycles. The van der Waals surface area contributed by atoms with Gasteiger partial charge in [-0.1, -0.05) is 85.6 Å². The molecule has 0 atom stereocenters. The van der Waals surface area contributed by atoms with E-state index < -0.39 is 0 Å². The predicted octanol–water partition coefficient (Wildman–Crippen LogP) is 13.0. The average Bonchev–Trinajstić information content (AvgIpc) is 3.87. The second kappa shape index (κ2) is 21.4. The Labute approximate surface area is 374 Å². The van der Waals surface area contributed by atoms with E-state index in [2.05, 4.69) is 81.5 Å². The molecule has 0 aliphatic rings. The van der Waals surface area contributed by atoms with Crippen molar-refractivity contribution in [2.24, 2.45) is 0 Å². The first-order valence-corrected chi connectivity index (χ1v) is 20.8. The van der Waals surface area contributed by atoms with Gasteiger partial charge in [-0.3, -0.25) is 0 Å². The molecule has 0 saturated heterocycles. The Morgan fingerprint density at radius 3 is 1.20 bits per heavy atom. The van der Waals surface area contributed by atoms with E-state index in [0.29, 0.717) is 48.0 Å². The normalized spacial score (nSPS) is 10.7. The summed E-state index contributed by atoms with van der Waals surface area (Å²) in [4.78, 5) is 8.98. The lowest BCUT2D eigenvalue weighted by Gasteiger charge is -2.15. The minimum absolute atomic E-state index is 0. The molecule has 0 amide bonds. The van der Waals surface area contributed by atoms with Crippen LogP contribution >= 0.6 is 35.6 Å². The molecule has 4 aromatic heterocycles. The van der Waals surface area contributed by atoms with Gasteiger partial charge in [-0.05, 0) is 133 Å². The molecule has 4 aromatic carbocycles. The Balaban J connectivity index is 0.000000201. The highest BCUT2D eigenvalue weighted by Crippen LogP contribution is 2.36. The van der Waals surface area contributed by atoms with Crippen LogP contribution < -0.4 is 20.9 Å². The number of hydrogen-bond acceptors (Lipinski definition) is 6. The molecule has 8 aromatic rings.